The van der Waals surface area contributed by atoms with Crippen molar-refractivity contribution in [2.24, 2.45) is 0 Å². The summed E-state index contributed by atoms with van der Waals surface area (Å²) < 4.78 is 46.9. The molecule has 148 valence electrons. The van der Waals surface area contributed by atoms with Gasteiger partial charge in [0, 0.05) is 4.47 Å². The first-order chi connectivity index (χ1) is 13.2. The Labute approximate surface area is 171 Å². The van der Waals surface area contributed by atoms with Gasteiger partial charge in [-0.25, -0.2) is 0 Å². The number of halogens is 5. The zero-order valence-corrected chi connectivity index (χ0v) is 16.4. The van der Waals surface area contributed by atoms with E-state index < -0.39 is 37.1 Å². The predicted molar refractivity (Wildman–Crippen MR) is 102 cm³/mol. The zero-order chi connectivity index (χ0) is 20.5. The summed E-state index contributed by atoms with van der Waals surface area (Å²) in [6.45, 7) is -0.684. The third kappa shape index (κ3) is 4.41. The highest BCUT2D eigenvalue weighted by Crippen LogP contribution is 2.38. The Morgan fingerprint density at radius 2 is 2.00 bits per heavy atom. The molecule has 1 N–H and O–H groups in total. The number of nitrogens with zero attached hydrogens (tertiary/aromatic N) is 1. The average Bonchev–Trinajstić information content (AvgIpc) is 2.76. The number of carbonyl (C=O) groups is 2. The van der Waals surface area contributed by atoms with E-state index >= 15 is 0 Å². The van der Waals surface area contributed by atoms with Crippen LogP contribution in [0.15, 0.2) is 46.9 Å². The first-order valence-electron chi connectivity index (χ1n) is 8.02. The van der Waals surface area contributed by atoms with Crippen LogP contribution < -0.4 is 15.0 Å². The molecule has 28 heavy (non-hydrogen) atoms. The van der Waals surface area contributed by atoms with Gasteiger partial charge in [-0.2, -0.15) is 13.2 Å². The molecule has 2 aromatic rings. The Bertz CT molecular complexity index is 923. The van der Waals surface area contributed by atoms with Crippen LogP contribution in [0, 0.1) is 0 Å². The molecule has 1 heterocycles. The normalized spacial score (nSPS) is 16.8. The Balaban J connectivity index is 1.92. The molecule has 5 nitrogen and oxygen atoms in total. The Kier molecular flexibility index (Phi) is 5.85. The highest BCUT2D eigenvalue weighted by molar-refractivity contribution is 9.10. The largest absolute Gasteiger partial charge is 0.482 e. The van der Waals surface area contributed by atoms with Crippen molar-refractivity contribution in [3.63, 3.8) is 0 Å². The van der Waals surface area contributed by atoms with Gasteiger partial charge in [0.1, 0.15) is 11.8 Å². The van der Waals surface area contributed by atoms with Crippen LogP contribution in [0.25, 0.3) is 0 Å². The number of anilines is 2. The van der Waals surface area contributed by atoms with Crippen LogP contribution in [0.3, 0.4) is 0 Å². The summed E-state index contributed by atoms with van der Waals surface area (Å²) in [6.07, 6.45) is -5.72. The third-order valence-corrected chi connectivity index (χ3v) is 4.81. The summed E-state index contributed by atoms with van der Waals surface area (Å²) in [5.74, 6) is -1.63. The summed E-state index contributed by atoms with van der Waals surface area (Å²) >= 11 is 9.23. The molecule has 0 aromatic heterocycles. The van der Waals surface area contributed by atoms with Gasteiger partial charge in [-0.3, -0.25) is 14.5 Å². The van der Waals surface area contributed by atoms with Crippen LogP contribution in [0.1, 0.15) is 6.42 Å². The van der Waals surface area contributed by atoms with Gasteiger partial charge >= 0.3 is 6.18 Å². The van der Waals surface area contributed by atoms with Gasteiger partial charge in [0.15, 0.2) is 6.61 Å². The van der Waals surface area contributed by atoms with Crippen molar-refractivity contribution in [1.29, 1.82) is 0 Å². The fraction of sp³-hybridized carbons (Fsp3) is 0.222. The van der Waals surface area contributed by atoms with E-state index in [0.29, 0.717) is 9.37 Å². The minimum Gasteiger partial charge on any atom is -0.482 e. The molecule has 1 aliphatic rings. The number of alkyl halides is 3. The molecule has 10 heteroatoms. The van der Waals surface area contributed by atoms with Crippen molar-refractivity contribution >= 4 is 50.7 Å². The van der Waals surface area contributed by atoms with Gasteiger partial charge in [-0.15, -0.1) is 0 Å². The topological polar surface area (TPSA) is 58.6 Å². The molecule has 0 fully saturated rings. The number of amides is 2. The molecule has 0 radical (unpaired) electrons. The van der Waals surface area contributed by atoms with Crippen LogP contribution in [0.4, 0.5) is 24.5 Å². The number of benzene rings is 2. The summed E-state index contributed by atoms with van der Waals surface area (Å²) in [4.78, 5) is 25.2. The van der Waals surface area contributed by atoms with E-state index in [1.54, 1.807) is 12.1 Å². The zero-order valence-electron chi connectivity index (χ0n) is 14.1. The quantitative estimate of drug-likeness (QED) is 0.692. The van der Waals surface area contributed by atoms with Crippen LogP contribution in [-0.2, 0) is 9.59 Å². The van der Waals surface area contributed by atoms with E-state index in [4.69, 9.17) is 16.3 Å². The smallest absolute Gasteiger partial charge is 0.409 e. The van der Waals surface area contributed by atoms with Gasteiger partial charge < -0.3 is 10.1 Å². The lowest BCUT2D eigenvalue weighted by Crippen LogP contribution is -2.51. The first kappa shape index (κ1) is 20.5. The number of rotatable bonds is 3. The molecule has 0 aliphatic carbocycles. The Morgan fingerprint density at radius 3 is 2.68 bits per heavy atom. The summed E-state index contributed by atoms with van der Waals surface area (Å²) in [7, 11) is 0. The van der Waals surface area contributed by atoms with E-state index in [1.807, 2.05) is 0 Å². The number of hydrogen-bond acceptors (Lipinski definition) is 3. The molecule has 2 amide bonds. The van der Waals surface area contributed by atoms with Gasteiger partial charge in [-0.1, -0.05) is 39.7 Å². The van der Waals surface area contributed by atoms with Crippen LogP contribution >= 0.6 is 27.5 Å². The molecule has 0 saturated heterocycles. The third-order valence-electron chi connectivity index (χ3n) is 4.02. The van der Waals surface area contributed by atoms with Gasteiger partial charge in [0.05, 0.1) is 22.8 Å². The summed E-state index contributed by atoms with van der Waals surface area (Å²) in [5, 5.41) is 2.60. The maximum absolute atomic E-state index is 13.6. The average molecular weight is 478 g/mol. The van der Waals surface area contributed by atoms with Gasteiger partial charge in [-0.05, 0) is 30.3 Å². The van der Waals surface area contributed by atoms with E-state index in [-0.39, 0.29) is 22.1 Å². The summed E-state index contributed by atoms with van der Waals surface area (Å²) in [6, 6.07) is 8.13. The van der Waals surface area contributed by atoms with E-state index in [9.17, 15) is 22.8 Å². The predicted octanol–water partition coefficient (Wildman–Crippen LogP) is 4.79. The van der Waals surface area contributed by atoms with Crippen LogP contribution in [0.2, 0.25) is 5.02 Å². The van der Waals surface area contributed by atoms with E-state index in [2.05, 4.69) is 21.2 Å². The molecule has 1 aliphatic heterocycles. The van der Waals surface area contributed by atoms with E-state index in [0.717, 1.165) is 0 Å². The molecule has 0 spiro atoms. The lowest BCUT2D eigenvalue weighted by molar-refractivity contribution is -0.158. The first-order valence-corrected chi connectivity index (χ1v) is 9.19. The monoisotopic (exact) mass is 476 g/mol. The fourth-order valence-electron chi connectivity index (χ4n) is 2.80. The molecule has 0 bridgehead atoms. The van der Waals surface area contributed by atoms with Crippen molar-refractivity contribution in [3.8, 4) is 5.75 Å². The van der Waals surface area contributed by atoms with Gasteiger partial charge in [0.2, 0.25) is 5.91 Å². The lowest BCUT2D eigenvalue weighted by atomic mass is 10.1. The molecule has 3 rings (SSSR count). The number of para-hydroxylation sites is 2. The molecule has 0 saturated carbocycles. The van der Waals surface area contributed by atoms with Crippen molar-refractivity contribution in [1.82, 2.24) is 0 Å². The number of ether oxygens (including phenoxy) is 1. The molecule has 1 unspecified atom stereocenters. The second kappa shape index (κ2) is 8.00. The highest BCUT2D eigenvalue weighted by Gasteiger charge is 2.49. The lowest BCUT2D eigenvalue weighted by Gasteiger charge is -2.31. The number of carbonyl (C=O) groups excluding carboxylic acids is 2. The van der Waals surface area contributed by atoms with Crippen LogP contribution in [0.5, 0.6) is 5.75 Å². The van der Waals surface area contributed by atoms with E-state index in [1.165, 1.54) is 30.3 Å². The Morgan fingerprint density at radius 1 is 1.29 bits per heavy atom. The summed E-state index contributed by atoms with van der Waals surface area (Å²) in [5.41, 5.74) is 0.0699. The second-order valence-corrected chi connectivity index (χ2v) is 7.28. The van der Waals surface area contributed by atoms with Crippen molar-refractivity contribution in [2.45, 2.75) is 18.6 Å². The minimum atomic E-state index is -4.81. The number of nitrogens with one attached hydrogen (secondary N) is 1. The van der Waals surface area contributed by atoms with Crippen molar-refractivity contribution < 1.29 is 27.5 Å². The highest BCUT2D eigenvalue weighted by atomic mass is 79.9. The SMILES string of the molecule is O=C1CC(C(F)(F)F)N(C(=O)COc2ccc(Br)cc2Cl)c2ccccc2N1. The number of hydrogen-bond donors (Lipinski definition) is 1. The second-order valence-electron chi connectivity index (χ2n) is 5.95. The fourth-order valence-corrected chi connectivity index (χ4v) is 3.52. The molecule has 1 atom stereocenters. The van der Waals surface area contributed by atoms with Crippen LogP contribution in [-0.4, -0.2) is 30.6 Å². The van der Waals surface area contributed by atoms with Crippen molar-refractivity contribution in [3.05, 3.63) is 52.0 Å². The maximum Gasteiger partial charge on any atom is 0.409 e. The maximum atomic E-state index is 13.6. The van der Waals surface area contributed by atoms with Gasteiger partial charge in [0.25, 0.3) is 5.91 Å². The van der Waals surface area contributed by atoms with Crippen molar-refractivity contribution in [2.75, 3.05) is 16.8 Å². The minimum absolute atomic E-state index is 0.0498. The molecular weight excluding hydrogens is 465 g/mol. The molecular formula is C18H13BrClF3N2O3. The number of fused-ring (bicyclic) bond motifs is 1. The molecule has 2 aromatic carbocycles. The Hall–Kier alpha value is -2.26. The standard InChI is InChI=1S/C18H13BrClF3N2O3/c19-10-5-6-14(11(20)7-10)28-9-17(27)25-13-4-2-1-3-12(13)24-16(26)8-15(25)18(21,22)23/h1-7,15H,8-9H2,(H,24,26).